The quantitative estimate of drug-likeness (QED) is 0.608. The monoisotopic (exact) mass is 426 g/mol. The van der Waals surface area contributed by atoms with Gasteiger partial charge in [-0.2, -0.15) is 0 Å². The van der Waals surface area contributed by atoms with Crippen LogP contribution < -0.4 is 11.2 Å². The molecule has 2 heterocycles. The Hall–Kier alpha value is -2.62. The second-order valence-electron chi connectivity index (χ2n) is 6.15. The largest absolute Gasteiger partial charge is 0.459 e. The number of aliphatic hydroxyl groups is 1. The summed E-state index contributed by atoms with van der Waals surface area (Å²) in [5.74, 6) is -0.713. The van der Waals surface area contributed by atoms with Crippen LogP contribution in [0.4, 0.5) is 0 Å². The maximum absolute atomic E-state index is 12.4. The van der Waals surface area contributed by atoms with Crippen molar-refractivity contribution in [1.29, 1.82) is 0 Å². The van der Waals surface area contributed by atoms with E-state index in [1.165, 1.54) is 47.8 Å². The van der Waals surface area contributed by atoms with E-state index in [0.717, 1.165) is 4.57 Å². The molecule has 1 N–H and O–H groups in total. The fourth-order valence-electron chi connectivity index (χ4n) is 2.72. The average molecular weight is 427 g/mol. The third-order valence-corrected chi connectivity index (χ3v) is 4.73. The minimum atomic E-state index is -1.12. The second kappa shape index (κ2) is 7.78. The van der Waals surface area contributed by atoms with Gasteiger partial charge in [0.1, 0.15) is 12.7 Å². The molecule has 28 heavy (non-hydrogen) atoms. The first-order chi connectivity index (χ1) is 13.2. The van der Waals surface area contributed by atoms with Crippen molar-refractivity contribution < 1.29 is 14.6 Å². The highest BCUT2D eigenvalue weighted by atomic mass is 35.5. The van der Waals surface area contributed by atoms with Gasteiger partial charge in [0.2, 0.25) is 0 Å². The molecule has 9 nitrogen and oxygen atoms in total. The molecule has 0 aliphatic heterocycles. The van der Waals surface area contributed by atoms with Gasteiger partial charge in [0, 0.05) is 19.1 Å². The summed E-state index contributed by atoms with van der Waals surface area (Å²) in [4.78, 5) is 40.5. The number of carbonyl (C=O) groups is 1. The molecule has 0 aliphatic carbocycles. The topological polar surface area (TPSA) is 108 Å². The molecule has 148 valence electrons. The smallest absolute Gasteiger partial charge is 0.339 e. The fourth-order valence-corrected chi connectivity index (χ4v) is 3.21. The number of hydrogen-bond donors (Lipinski definition) is 1. The first kappa shape index (κ1) is 20.1. The second-order valence-corrected chi connectivity index (χ2v) is 6.99. The Kier molecular flexibility index (Phi) is 5.59. The van der Waals surface area contributed by atoms with E-state index in [9.17, 15) is 19.5 Å². The van der Waals surface area contributed by atoms with Crippen molar-refractivity contribution in [3.8, 4) is 0 Å². The maximum Gasteiger partial charge on any atom is 0.339 e. The summed E-state index contributed by atoms with van der Waals surface area (Å²) in [6.07, 6.45) is 0.224. The van der Waals surface area contributed by atoms with Crippen LogP contribution >= 0.6 is 23.2 Å². The van der Waals surface area contributed by atoms with E-state index >= 15 is 0 Å². The maximum atomic E-state index is 12.4. The lowest BCUT2D eigenvalue weighted by molar-refractivity contribution is 0.0220. The number of aryl methyl sites for hydroxylation is 1. The zero-order valence-electron chi connectivity index (χ0n) is 14.9. The summed E-state index contributed by atoms with van der Waals surface area (Å²) in [5.41, 5.74) is -0.555. The number of ether oxygens (including phenoxy) is 1. The summed E-state index contributed by atoms with van der Waals surface area (Å²) in [6, 6.07) is 4.33. The number of halogens is 2. The Morgan fingerprint density at radius 3 is 2.64 bits per heavy atom. The number of hydrogen-bond acceptors (Lipinski definition) is 6. The van der Waals surface area contributed by atoms with Crippen molar-refractivity contribution in [2.24, 2.45) is 14.1 Å². The van der Waals surface area contributed by atoms with Crippen LogP contribution in [0.5, 0.6) is 0 Å². The number of aromatic nitrogens is 4. The standard InChI is InChI=1S/C17H16Cl2N4O5/c1-21-14-13(15(25)22(2)17(21)27)23(8-20-14)6-10(24)7-28-16(26)11-4-3-9(18)5-12(11)19/h3-5,8,10,24H,6-7H2,1-2H3. The Labute approximate surface area is 168 Å². The molecule has 11 heteroatoms. The minimum absolute atomic E-state index is 0.0639. The van der Waals surface area contributed by atoms with E-state index in [1.54, 1.807) is 0 Å². The number of rotatable bonds is 5. The van der Waals surface area contributed by atoms with Gasteiger partial charge in [-0.25, -0.2) is 14.6 Å². The van der Waals surface area contributed by atoms with E-state index in [0.29, 0.717) is 5.02 Å². The van der Waals surface area contributed by atoms with Gasteiger partial charge in [-0.1, -0.05) is 23.2 Å². The van der Waals surface area contributed by atoms with Gasteiger partial charge in [-0.05, 0) is 18.2 Å². The van der Waals surface area contributed by atoms with Gasteiger partial charge in [-0.3, -0.25) is 13.9 Å². The first-order valence-electron chi connectivity index (χ1n) is 8.11. The van der Waals surface area contributed by atoms with E-state index in [1.807, 2.05) is 0 Å². The lowest BCUT2D eigenvalue weighted by atomic mass is 10.2. The highest BCUT2D eigenvalue weighted by Gasteiger charge is 2.18. The van der Waals surface area contributed by atoms with Crippen molar-refractivity contribution in [1.82, 2.24) is 18.7 Å². The number of aliphatic hydroxyl groups excluding tert-OH is 1. The molecule has 1 unspecified atom stereocenters. The molecule has 0 aliphatic rings. The van der Waals surface area contributed by atoms with Crippen LogP contribution in [-0.4, -0.2) is 42.5 Å². The molecular formula is C17H16Cl2N4O5. The normalized spacial score (nSPS) is 12.3. The number of fused-ring (bicyclic) bond motifs is 1. The molecule has 0 saturated heterocycles. The van der Waals surface area contributed by atoms with Crippen LogP contribution in [-0.2, 0) is 25.4 Å². The SMILES string of the molecule is Cn1c(=O)c2c(ncn2CC(O)COC(=O)c2ccc(Cl)cc2Cl)n(C)c1=O. The van der Waals surface area contributed by atoms with E-state index in [-0.39, 0.29) is 34.9 Å². The zero-order chi connectivity index (χ0) is 20.6. The van der Waals surface area contributed by atoms with Gasteiger partial charge in [0.15, 0.2) is 11.2 Å². The van der Waals surface area contributed by atoms with Crippen LogP contribution in [0.3, 0.4) is 0 Å². The molecule has 0 spiro atoms. The van der Waals surface area contributed by atoms with Crippen LogP contribution in [0, 0.1) is 0 Å². The van der Waals surface area contributed by atoms with Gasteiger partial charge in [0.05, 0.1) is 23.5 Å². The van der Waals surface area contributed by atoms with E-state index in [4.69, 9.17) is 27.9 Å². The van der Waals surface area contributed by atoms with Crippen LogP contribution in [0.2, 0.25) is 10.0 Å². The van der Waals surface area contributed by atoms with Crippen molar-refractivity contribution in [2.45, 2.75) is 12.6 Å². The summed E-state index contributed by atoms with van der Waals surface area (Å²) in [6.45, 7) is -0.394. The third kappa shape index (κ3) is 3.68. The lowest BCUT2D eigenvalue weighted by Gasteiger charge is -2.13. The lowest BCUT2D eigenvalue weighted by Crippen LogP contribution is -2.38. The van der Waals surface area contributed by atoms with Crippen molar-refractivity contribution in [3.63, 3.8) is 0 Å². The van der Waals surface area contributed by atoms with E-state index in [2.05, 4.69) is 4.98 Å². The molecule has 0 bridgehead atoms. The predicted molar refractivity (Wildman–Crippen MR) is 103 cm³/mol. The van der Waals surface area contributed by atoms with Gasteiger partial charge in [0.25, 0.3) is 5.56 Å². The summed E-state index contributed by atoms with van der Waals surface area (Å²) in [7, 11) is 2.85. The van der Waals surface area contributed by atoms with Gasteiger partial charge >= 0.3 is 11.7 Å². The molecule has 0 fully saturated rings. The predicted octanol–water partition coefficient (Wildman–Crippen LogP) is 0.958. The Morgan fingerprint density at radius 1 is 1.25 bits per heavy atom. The molecule has 0 saturated carbocycles. The summed E-state index contributed by atoms with van der Waals surface area (Å²) >= 11 is 11.7. The molecular weight excluding hydrogens is 411 g/mol. The van der Waals surface area contributed by atoms with Crippen LogP contribution in [0.15, 0.2) is 34.1 Å². The molecule has 1 atom stereocenters. The van der Waals surface area contributed by atoms with Crippen LogP contribution in [0.25, 0.3) is 11.2 Å². The molecule has 2 aromatic heterocycles. The third-order valence-electron chi connectivity index (χ3n) is 4.18. The number of nitrogens with zero attached hydrogens (tertiary/aromatic N) is 4. The summed E-state index contributed by atoms with van der Waals surface area (Å²) in [5, 5.41) is 10.7. The number of carbonyl (C=O) groups excluding carboxylic acids is 1. The summed E-state index contributed by atoms with van der Waals surface area (Å²) < 4.78 is 8.68. The number of benzene rings is 1. The number of imidazole rings is 1. The van der Waals surface area contributed by atoms with Gasteiger partial charge in [-0.15, -0.1) is 0 Å². The first-order valence-corrected chi connectivity index (χ1v) is 8.87. The molecule has 1 aromatic carbocycles. The molecule has 0 amide bonds. The molecule has 3 rings (SSSR count). The minimum Gasteiger partial charge on any atom is -0.459 e. The molecule has 0 radical (unpaired) electrons. The Balaban J connectivity index is 1.75. The van der Waals surface area contributed by atoms with Gasteiger partial charge < -0.3 is 14.4 Å². The van der Waals surface area contributed by atoms with E-state index < -0.39 is 23.3 Å². The molecule has 3 aromatic rings. The van der Waals surface area contributed by atoms with Crippen molar-refractivity contribution in [2.75, 3.05) is 6.61 Å². The highest BCUT2D eigenvalue weighted by Crippen LogP contribution is 2.21. The van der Waals surface area contributed by atoms with Crippen molar-refractivity contribution >= 4 is 40.3 Å². The highest BCUT2D eigenvalue weighted by molar-refractivity contribution is 6.36. The Bertz CT molecular complexity index is 1180. The zero-order valence-corrected chi connectivity index (χ0v) is 16.4. The Morgan fingerprint density at radius 2 is 1.96 bits per heavy atom. The fraction of sp³-hybridized carbons (Fsp3) is 0.294. The van der Waals surface area contributed by atoms with Crippen LogP contribution in [0.1, 0.15) is 10.4 Å². The average Bonchev–Trinajstić information content (AvgIpc) is 3.06. The van der Waals surface area contributed by atoms with Crippen molar-refractivity contribution in [3.05, 3.63) is 61.0 Å². The number of esters is 1.